The van der Waals surface area contributed by atoms with E-state index in [-0.39, 0.29) is 30.7 Å². The summed E-state index contributed by atoms with van der Waals surface area (Å²) in [6.45, 7) is 6.09. The van der Waals surface area contributed by atoms with Gasteiger partial charge in [0.15, 0.2) is 0 Å². The van der Waals surface area contributed by atoms with E-state index in [1.165, 1.54) is 35.4 Å². The first-order chi connectivity index (χ1) is 19.6. The van der Waals surface area contributed by atoms with E-state index in [0.29, 0.717) is 22.6 Å². The van der Waals surface area contributed by atoms with Crippen LogP contribution >= 0.6 is 0 Å². The zero-order chi connectivity index (χ0) is 29.3. The number of esters is 1. The molecule has 41 heavy (non-hydrogen) atoms. The zero-order valence-electron chi connectivity index (χ0n) is 23.3. The zero-order valence-corrected chi connectivity index (χ0v) is 23.3. The number of anilines is 2. The summed E-state index contributed by atoms with van der Waals surface area (Å²) in [5, 5.41) is 3.51. The molecule has 9 heteroatoms. The molecule has 2 heterocycles. The molecule has 0 bridgehead atoms. The summed E-state index contributed by atoms with van der Waals surface area (Å²) in [4.78, 5) is 46.3. The highest BCUT2D eigenvalue weighted by Crippen LogP contribution is 2.42. The Labute approximate surface area is 237 Å². The smallest absolute Gasteiger partial charge is 0.341 e. The standard InChI is InChI=1S/C32H31FN4O4/c1-5-41-30(39)25-18-36(29(38)20-11-13-21(33)14-12-20)19-32(2,3)27-24-17-23(15-16-26(24)35-28(25)27)37(31(40)34-4)22-9-7-6-8-10-22/h6-18,35H,5,19H2,1-4H3,(H,34,40). The Morgan fingerprint density at radius 3 is 2.39 bits per heavy atom. The number of hydrogen-bond acceptors (Lipinski definition) is 4. The van der Waals surface area contributed by atoms with Crippen LogP contribution in [0.15, 0.2) is 79.0 Å². The lowest BCUT2D eigenvalue weighted by atomic mass is 9.81. The lowest BCUT2D eigenvalue weighted by Crippen LogP contribution is -2.37. The normalized spacial score (nSPS) is 14.1. The molecule has 0 radical (unpaired) electrons. The number of fused-ring (bicyclic) bond motifs is 3. The van der Waals surface area contributed by atoms with Crippen molar-refractivity contribution in [3.05, 3.63) is 102 Å². The highest BCUT2D eigenvalue weighted by atomic mass is 19.1. The van der Waals surface area contributed by atoms with Crippen molar-refractivity contribution in [3.63, 3.8) is 0 Å². The molecule has 0 unspecified atom stereocenters. The van der Waals surface area contributed by atoms with Crippen molar-refractivity contribution in [2.45, 2.75) is 26.2 Å². The van der Waals surface area contributed by atoms with Crippen LogP contribution in [0.25, 0.3) is 16.5 Å². The molecule has 3 aromatic carbocycles. The number of nitrogens with zero attached hydrogens (tertiary/aromatic N) is 2. The number of aromatic amines is 1. The van der Waals surface area contributed by atoms with E-state index in [4.69, 9.17) is 4.74 Å². The van der Waals surface area contributed by atoms with Gasteiger partial charge in [-0.15, -0.1) is 0 Å². The first-order valence-corrected chi connectivity index (χ1v) is 13.3. The Bertz CT molecular complexity index is 1660. The molecule has 0 saturated heterocycles. The van der Waals surface area contributed by atoms with Crippen molar-refractivity contribution >= 4 is 45.8 Å². The SMILES string of the molecule is CCOC(=O)C1=CN(C(=O)c2ccc(F)cc2)CC(C)(C)c2c1[nH]c1ccc(N(C(=O)NC)c3ccccc3)cc21. The highest BCUT2D eigenvalue weighted by molar-refractivity contribution is 6.18. The van der Waals surface area contributed by atoms with Gasteiger partial charge in [-0.05, 0) is 67.1 Å². The minimum Gasteiger partial charge on any atom is -0.462 e. The number of carbonyl (C=O) groups is 3. The minimum absolute atomic E-state index is 0.156. The van der Waals surface area contributed by atoms with Crippen LogP contribution < -0.4 is 10.2 Å². The van der Waals surface area contributed by atoms with Crippen molar-refractivity contribution < 1.29 is 23.5 Å². The monoisotopic (exact) mass is 554 g/mol. The molecule has 3 amide bonds. The van der Waals surface area contributed by atoms with Gasteiger partial charge < -0.3 is 19.9 Å². The molecule has 0 saturated carbocycles. The summed E-state index contributed by atoms with van der Waals surface area (Å²) in [6, 6.07) is 19.9. The molecule has 0 aliphatic carbocycles. The topological polar surface area (TPSA) is 94.7 Å². The van der Waals surface area contributed by atoms with Gasteiger partial charge in [-0.25, -0.2) is 14.0 Å². The molecule has 1 aromatic heterocycles. The number of rotatable bonds is 5. The van der Waals surface area contributed by atoms with Gasteiger partial charge in [-0.3, -0.25) is 9.69 Å². The predicted molar refractivity (Wildman–Crippen MR) is 156 cm³/mol. The summed E-state index contributed by atoms with van der Waals surface area (Å²) in [5.41, 5.74) is 3.29. The number of amides is 3. The van der Waals surface area contributed by atoms with Crippen molar-refractivity contribution in [1.82, 2.24) is 15.2 Å². The Morgan fingerprint density at radius 1 is 1.02 bits per heavy atom. The second-order valence-electron chi connectivity index (χ2n) is 10.4. The number of ether oxygens (including phenoxy) is 1. The number of para-hydroxylation sites is 1. The number of halogens is 1. The van der Waals surface area contributed by atoms with Crippen LogP contribution in [0.4, 0.5) is 20.6 Å². The fourth-order valence-electron chi connectivity index (χ4n) is 5.32. The van der Waals surface area contributed by atoms with Gasteiger partial charge in [0.25, 0.3) is 5.91 Å². The van der Waals surface area contributed by atoms with Crippen molar-refractivity contribution in [2.75, 3.05) is 25.1 Å². The lowest BCUT2D eigenvalue weighted by Gasteiger charge is -2.30. The summed E-state index contributed by atoms with van der Waals surface area (Å²) in [6.07, 6.45) is 1.51. The third kappa shape index (κ3) is 5.18. The van der Waals surface area contributed by atoms with E-state index in [0.717, 1.165) is 16.5 Å². The predicted octanol–water partition coefficient (Wildman–Crippen LogP) is 6.12. The summed E-state index contributed by atoms with van der Waals surface area (Å²) < 4.78 is 19.0. The van der Waals surface area contributed by atoms with Crippen molar-refractivity contribution in [1.29, 1.82) is 0 Å². The second-order valence-corrected chi connectivity index (χ2v) is 10.4. The molecule has 1 aliphatic heterocycles. The quantitative estimate of drug-likeness (QED) is 0.291. The molecular formula is C32H31FN4O4. The van der Waals surface area contributed by atoms with Gasteiger partial charge in [0.05, 0.1) is 29.2 Å². The third-order valence-corrected chi connectivity index (χ3v) is 7.12. The number of aromatic nitrogens is 1. The molecule has 1 aliphatic rings. The van der Waals surface area contributed by atoms with Crippen molar-refractivity contribution in [2.24, 2.45) is 0 Å². The summed E-state index contributed by atoms with van der Waals surface area (Å²) in [7, 11) is 1.57. The van der Waals surface area contributed by atoms with Crippen LogP contribution in [0.5, 0.6) is 0 Å². The first-order valence-electron chi connectivity index (χ1n) is 13.3. The molecule has 8 nitrogen and oxygen atoms in total. The van der Waals surface area contributed by atoms with E-state index in [9.17, 15) is 18.8 Å². The van der Waals surface area contributed by atoms with Crippen LogP contribution in [0.2, 0.25) is 0 Å². The highest BCUT2D eigenvalue weighted by Gasteiger charge is 2.38. The van der Waals surface area contributed by atoms with E-state index in [2.05, 4.69) is 10.3 Å². The van der Waals surface area contributed by atoms with Gasteiger partial charge in [0.1, 0.15) is 5.82 Å². The van der Waals surface area contributed by atoms with Gasteiger partial charge in [0, 0.05) is 41.7 Å². The number of hydrogen-bond donors (Lipinski definition) is 2. The minimum atomic E-state index is -0.656. The average Bonchev–Trinajstić information content (AvgIpc) is 3.30. The number of nitrogens with one attached hydrogen (secondary N) is 2. The van der Waals surface area contributed by atoms with Crippen LogP contribution in [0.1, 0.15) is 42.4 Å². The Balaban J connectivity index is 1.68. The average molecular weight is 555 g/mol. The lowest BCUT2D eigenvalue weighted by molar-refractivity contribution is -0.136. The molecule has 0 fully saturated rings. The van der Waals surface area contributed by atoms with Gasteiger partial charge in [-0.2, -0.15) is 0 Å². The number of H-pyrrole nitrogens is 1. The van der Waals surface area contributed by atoms with Crippen molar-refractivity contribution in [3.8, 4) is 0 Å². The Morgan fingerprint density at radius 2 is 1.73 bits per heavy atom. The molecule has 0 atom stereocenters. The molecule has 2 N–H and O–H groups in total. The number of benzene rings is 3. The van der Waals surface area contributed by atoms with E-state index < -0.39 is 17.2 Å². The van der Waals surface area contributed by atoms with Crippen LogP contribution in [-0.2, 0) is 14.9 Å². The number of carbonyl (C=O) groups excluding carboxylic acids is 3. The van der Waals surface area contributed by atoms with Gasteiger partial charge >= 0.3 is 12.0 Å². The molecule has 5 rings (SSSR count). The maximum absolute atomic E-state index is 13.6. The fraction of sp³-hybridized carbons (Fsp3) is 0.219. The van der Waals surface area contributed by atoms with E-state index in [1.807, 2.05) is 62.4 Å². The van der Waals surface area contributed by atoms with E-state index in [1.54, 1.807) is 18.9 Å². The maximum Gasteiger partial charge on any atom is 0.341 e. The fourth-order valence-corrected chi connectivity index (χ4v) is 5.32. The second kappa shape index (κ2) is 10.9. The Hall–Kier alpha value is -4.92. The first kappa shape index (κ1) is 27.6. The molecule has 0 spiro atoms. The molecule has 4 aromatic rings. The van der Waals surface area contributed by atoms with Crippen LogP contribution in [0, 0.1) is 5.82 Å². The largest absolute Gasteiger partial charge is 0.462 e. The molecule has 210 valence electrons. The van der Waals surface area contributed by atoms with Crippen LogP contribution in [0.3, 0.4) is 0 Å². The van der Waals surface area contributed by atoms with Gasteiger partial charge in [-0.1, -0.05) is 32.0 Å². The number of urea groups is 1. The van der Waals surface area contributed by atoms with E-state index >= 15 is 0 Å². The molecular weight excluding hydrogens is 523 g/mol. The Kier molecular flexibility index (Phi) is 7.36. The van der Waals surface area contributed by atoms with Gasteiger partial charge in [0.2, 0.25) is 0 Å². The maximum atomic E-state index is 13.6. The third-order valence-electron chi connectivity index (χ3n) is 7.12. The summed E-state index contributed by atoms with van der Waals surface area (Å²) in [5.74, 6) is -1.39. The summed E-state index contributed by atoms with van der Waals surface area (Å²) >= 11 is 0. The van der Waals surface area contributed by atoms with Crippen LogP contribution in [-0.4, -0.2) is 48.0 Å².